The highest BCUT2D eigenvalue weighted by atomic mass is 14.8. The average Bonchev–Trinajstić information content (AvgIpc) is 2.51. The Kier molecular flexibility index (Phi) is 1.95. The standard InChI is InChI=1S/C7H13N/c1-2-8-6-5-7-3-4-7/h2,7-8H,1,3-6H2. The van der Waals surface area contributed by atoms with E-state index in [1.807, 2.05) is 0 Å². The molecule has 0 radical (unpaired) electrons. The molecule has 1 aliphatic carbocycles. The van der Waals surface area contributed by atoms with Gasteiger partial charge in [0.25, 0.3) is 0 Å². The van der Waals surface area contributed by atoms with Gasteiger partial charge in [-0.3, -0.25) is 0 Å². The van der Waals surface area contributed by atoms with Crippen molar-refractivity contribution in [3.63, 3.8) is 0 Å². The highest BCUT2D eigenvalue weighted by Gasteiger charge is 2.19. The molecule has 0 atom stereocenters. The number of hydrogen-bond acceptors (Lipinski definition) is 1. The van der Waals surface area contributed by atoms with Gasteiger partial charge in [-0.2, -0.15) is 0 Å². The van der Waals surface area contributed by atoms with Crippen LogP contribution < -0.4 is 5.32 Å². The largest absolute Gasteiger partial charge is 0.391 e. The summed E-state index contributed by atoms with van der Waals surface area (Å²) in [7, 11) is 0. The lowest BCUT2D eigenvalue weighted by Gasteiger charge is -1.95. The first-order valence-corrected chi connectivity index (χ1v) is 3.28. The second-order valence-corrected chi connectivity index (χ2v) is 2.39. The summed E-state index contributed by atoms with van der Waals surface area (Å²) >= 11 is 0. The van der Waals surface area contributed by atoms with Crippen LogP contribution in [-0.4, -0.2) is 6.54 Å². The van der Waals surface area contributed by atoms with Crippen LogP contribution in [0.3, 0.4) is 0 Å². The highest BCUT2D eigenvalue weighted by Crippen LogP contribution is 2.31. The summed E-state index contributed by atoms with van der Waals surface area (Å²) in [5.41, 5.74) is 0. The van der Waals surface area contributed by atoms with Gasteiger partial charge in [0, 0.05) is 6.54 Å². The van der Waals surface area contributed by atoms with Gasteiger partial charge in [0.2, 0.25) is 0 Å². The number of rotatable bonds is 4. The summed E-state index contributed by atoms with van der Waals surface area (Å²) in [6, 6.07) is 0. The van der Waals surface area contributed by atoms with Crippen LogP contribution in [0.2, 0.25) is 0 Å². The normalized spacial score (nSPS) is 18.0. The Bertz CT molecular complexity index is 74.5. The Morgan fingerprint density at radius 3 is 2.88 bits per heavy atom. The Balaban J connectivity index is 1.80. The molecule has 0 aliphatic heterocycles. The van der Waals surface area contributed by atoms with Crippen molar-refractivity contribution in [3.05, 3.63) is 12.8 Å². The van der Waals surface area contributed by atoms with Crippen LogP contribution in [0.1, 0.15) is 19.3 Å². The molecule has 46 valence electrons. The zero-order valence-electron chi connectivity index (χ0n) is 5.19. The summed E-state index contributed by atoms with van der Waals surface area (Å²) < 4.78 is 0. The molecule has 0 heterocycles. The summed E-state index contributed by atoms with van der Waals surface area (Å²) in [4.78, 5) is 0. The van der Waals surface area contributed by atoms with Crippen molar-refractivity contribution in [1.29, 1.82) is 0 Å². The Morgan fingerprint density at radius 1 is 1.62 bits per heavy atom. The number of nitrogens with one attached hydrogen (secondary N) is 1. The molecular formula is C7H13N. The molecule has 0 bridgehead atoms. The quantitative estimate of drug-likeness (QED) is 0.542. The molecule has 1 rings (SSSR count). The minimum Gasteiger partial charge on any atom is -0.391 e. The van der Waals surface area contributed by atoms with Gasteiger partial charge in [-0.25, -0.2) is 0 Å². The van der Waals surface area contributed by atoms with Crippen LogP contribution in [-0.2, 0) is 0 Å². The van der Waals surface area contributed by atoms with Gasteiger partial charge in [0.1, 0.15) is 0 Å². The van der Waals surface area contributed by atoms with Crippen LogP contribution in [0, 0.1) is 5.92 Å². The fourth-order valence-corrected chi connectivity index (χ4v) is 0.796. The predicted octanol–water partition coefficient (Wildman–Crippen LogP) is 1.52. The molecule has 0 spiro atoms. The third-order valence-corrected chi connectivity index (χ3v) is 1.54. The van der Waals surface area contributed by atoms with Crippen molar-refractivity contribution in [1.82, 2.24) is 5.32 Å². The molecule has 8 heavy (non-hydrogen) atoms. The molecule has 1 saturated carbocycles. The average molecular weight is 111 g/mol. The van der Waals surface area contributed by atoms with E-state index in [-0.39, 0.29) is 0 Å². The monoisotopic (exact) mass is 111 g/mol. The van der Waals surface area contributed by atoms with Crippen molar-refractivity contribution in [3.8, 4) is 0 Å². The molecule has 1 aliphatic rings. The molecule has 1 N–H and O–H groups in total. The number of hydrogen-bond donors (Lipinski definition) is 1. The molecule has 0 unspecified atom stereocenters. The maximum absolute atomic E-state index is 3.57. The van der Waals surface area contributed by atoms with Gasteiger partial charge >= 0.3 is 0 Å². The minimum atomic E-state index is 1.04. The van der Waals surface area contributed by atoms with Crippen LogP contribution in [0.15, 0.2) is 12.8 Å². The SMILES string of the molecule is C=CNCCC1CC1. The van der Waals surface area contributed by atoms with Gasteiger partial charge < -0.3 is 5.32 Å². The second kappa shape index (κ2) is 2.75. The zero-order chi connectivity index (χ0) is 5.82. The van der Waals surface area contributed by atoms with Crippen LogP contribution >= 0.6 is 0 Å². The molecule has 0 aromatic carbocycles. The van der Waals surface area contributed by atoms with E-state index in [2.05, 4.69) is 11.9 Å². The van der Waals surface area contributed by atoms with Crippen molar-refractivity contribution >= 4 is 0 Å². The van der Waals surface area contributed by atoms with Crippen LogP contribution in [0.25, 0.3) is 0 Å². The molecular weight excluding hydrogens is 98.1 g/mol. The smallest absolute Gasteiger partial charge is 0.0143 e. The fourth-order valence-electron chi connectivity index (χ4n) is 0.796. The van der Waals surface area contributed by atoms with Gasteiger partial charge in [-0.1, -0.05) is 19.4 Å². The summed E-state index contributed by atoms with van der Waals surface area (Å²) in [6.07, 6.45) is 6.02. The van der Waals surface area contributed by atoms with Crippen molar-refractivity contribution in [2.45, 2.75) is 19.3 Å². The third-order valence-electron chi connectivity index (χ3n) is 1.54. The summed E-state index contributed by atoms with van der Waals surface area (Å²) in [5.74, 6) is 1.04. The van der Waals surface area contributed by atoms with E-state index in [1.165, 1.54) is 19.3 Å². The van der Waals surface area contributed by atoms with Gasteiger partial charge in [-0.05, 0) is 18.5 Å². The molecule has 0 saturated heterocycles. The van der Waals surface area contributed by atoms with Crippen LogP contribution in [0.4, 0.5) is 0 Å². The first-order chi connectivity index (χ1) is 3.93. The maximum atomic E-state index is 3.57. The van der Waals surface area contributed by atoms with E-state index in [0.717, 1.165) is 12.5 Å². The molecule has 1 fully saturated rings. The second-order valence-electron chi connectivity index (χ2n) is 2.39. The molecule has 1 nitrogen and oxygen atoms in total. The van der Waals surface area contributed by atoms with Crippen molar-refractivity contribution in [2.24, 2.45) is 5.92 Å². The summed E-state index contributed by atoms with van der Waals surface area (Å²) in [5, 5.41) is 3.08. The van der Waals surface area contributed by atoms with E-state index in [1.54, 1.807) is 6.20 Å². The van der Waals surface area contributed by atoms with E-state index in [4.69, 9.17) is 0 Å². The Labute approximate surface area is 50.8 Å². The minimum absolute atomic E-state index is 1.04. The highest BCUT2D eigenvalue weighted by molar-refractivity contribution is 4.75. The van der Waals surface area contributed by atoms with Crippen molar-refractivity contribution < 1.29 is 0 Å². The lowest BCUT2D eigenvalue weighted by atomic mass is 10.3. The molecule has 1 heteroatoms. The first kappa shape index (κ1) is 5.67. The van der Waals surface area contributed by atoms with E-state index < -0.39 is 0 Å². The van der Waals surface area contributed by atoms with Crippen LogP contribution in [0.5, 0.6) is 0 Å². The van der Waals surface area contributed by atoms with E-state index in [9.17, 15) is 0 Å². The Hall–Kier alpha value is -0.460. The fraction of sp³-hybridized carbons (Fsp3) is 0.714. The molecule has 0 amide bonds. The lowest BCUT2D eigenvalue weighted by molar-refractivity contribution is 0.685. The van der Waals surface area contributed by atoms with Gasteiger partial charge in [-0.15, -0.1) is 0 Å². The molecule has 0 aromatic heterocycles. The molecule has 0 aromatic rings. The predicted molar refractivity (Wildman–Crippen MR) is 35.5 cm³/mol. The van der Waals surface area contributed by atoms with Crippen molar-refractivity contribution in [2.75, 3.05) is 6.54 Å². The maximum Gasteiger partial charge on any atom is 0.0143 e. The summed E-state index contributed by atoms with van der Waals surface area (Å²) in [6.45, 7) is 4.69. The van der Waals surface area contributed by atoms with E-state index >= 15 is 0 Å². The van der Waals surface area contributed by atoms with Gasteiger partial charge in [0.05, 0.1) is 0 Å². The first-order valence-electron chi connectivity index (χ1n) is 3.28. The topological polar surface area (TPSA) is 12.0 Å². The van der Waals surface area contributed by atoms with Gasteiger partial charge in [0.15, 0.2) is 0 Å². The van der Waals surface area contributed by atoms with E-state index in [0.29, 0.717) is 0 Å². The third kappa shape index (κ3) is 2.01. The lowest BCUT2D eigenvalue weighted by Crippen LogP contribution is -2.06. The zero-order valence-corrected chi connectivity index (χ0v) is 5.19. The Morgan fingerprint density at radius 2 is 2.38 bits per heavy atom.